The Balaban J connectivity index is 3.01. The Labute approximate surface area is 77.2 Å². The van der Waals surface area contributed by atoms with Crippen molar-refractivity contribution >= 4 is 5.69 Å². The quantitative estimate of drug-likeness (QED) is 0.492. The number of benzene rings is 1. The third-order valence-corrected chi connectivity index (χ3v) is 2.19. The van der Waals surface area contributed by atoms with Crippen LogP contribution in [0, 0.1) is 6.92 Å². The summed E-state index contributed by atoms with van der Waals surface area (Å²) in [6.45, 7) is -0.450. The Morgan fingerprint density at radius 2 is 1.54 bits per heavy atom. The molecule has 0 saturated carbocycles. The van der Waals surface area contributed by atoms with E-state index in [0.29, 0.717) is 5.69 Å². The number of nitrogens with zero attached hydrogens (tertiary/aromatic N) is 1. The zero-order valence-electron chi connectivity index (χ0n) is 8.09. The van der Waals surface area contributed by atoms with Gasteiger partial charge in [-0.1, -0.05) is 17.7 Å². The van der Waals surface area contributed by atoms with E-state index < -0.39 is 6.55 Å². The van der Waals surface area contributed by atoms with Crippen LogP contribution >= 0.6 is 0 Å². The predicted octanol–water partition coefficient (Wildman–Crippen LogP) is 2.78. The normalized spacial score (nSPS) is 12.2. The van der Waals surface area contributed by atoms with Crippen molar-refractivity contribution in [3.05, 3.63) is 29.8 Å². The van der Waals surface area contributed by atoms with Gasteiger partial charge in [0.1, 0.15) is 5.69 Å². The summed E-state index contributed by atoms with van der Waals surface area (Å²) in [6.07, 6.45) is 0. The smallest absolute Gasteiger partial charge is 0.238 e. The van der Waals surface area contributed by atoms with Crippen molar-refractivity contribution < 1.29 is 8.78 Å². The Hall–Kier alpha value is -0.960. The van der Waals surface area contributed by atoms with Crippen molar-refractivity contribution in [2.75, 3.05) is 14.1 Å². The highest BCUT2D eigenvalue weighted by Crippen LogP contribution is 2.23. The van der Waals surface area contributed by atoms with Crippen LogP contribution in [0.25, 0.3) is 0 Å². The standard InChI is InChI=1S/C10H14F2N/c1-8-4-6-9(7-5-8)13(2,3)10(11)12/h4-7,10H,1-3H3/q+1. The Morgan fingerprint density at radius 1 is 1.08 bits per heavy atom. The number of quaternary nitrogens is 1. The molecule has 0 aliphatic rings. The van der Waals surface area contributed by atoms with Crippen LogP contribution in [0.3, 0.4) is 0 Å². The van der Waals surface area contributed by atoms with E-state index in [1.807, 2.05) is 19.1 Å². The molecule has 1 nitrogen and oxygen atoms in total. The fourth-order valence-electron chi connectivity index (χ4n) is 1.04. The molecule has 1 aromatic carbocycles. The largest absolute Gasteiger partial charge is 0.385 e. The average Bonchev–Trinajstić information content (AvgIpc) is 2.04. The van der Waals surface area contributed by atoms with Gasteiger partial charge in [0.15, 0.2) is 0 Å². The lowest BCUT2D eigenvalue weighted by Crippen LogP contribution is -2.45. The summed E-state index contributed by atoms with van der Waals surface area (Å²) in [5, 5.41) is 0. The molecule has 0 N–H and O–H groups in total. The van der Waals surface area contributed by atoms with Crippen molar-refractivity contribution in [2.45, 2.75) is 13.5 Å². The molecule has 0 aromatic heterocycles. The summed E-state index contributed by atoms with van der Waals surface area (Å²) in [5.41, 5.74) is 1.71. The maximum absolute atomic E-state index is 12.6. The zero-order chi connectivity index (χ0) is 10.1. The minimum absolute atomic E-state index is 0.389. The van der Waals surface area contributed by atoms with Gasteiger partial charge in [0.05, 0.1) is 14.1 Å². The monoisotopic (exact) mass is 186 g/mol. The summed E-state index contributed by atoms with van der Waals surface area (Å²) < 4.78 is 24.8. The van der Waals surface area contributed by atoms with Gasteiger partial charge < -0.3 is 0 Å². The molecule has 0 atom stereocenters. The number of aryl methyl sites for hydroxylation is 1. The van der Waals surface area contributed by atoms with Crippen LogP contribution in [-0.4, -0.2) is 20.6 Å². The topological polar surface area (TPSA) is 0 Å². The Kier molecular flexibility index (Phi) is 2.66. The molecule has 0 saturated heterocycles. The second-order valence-corrected chi connectivity index (χ2v) is 3.65. The van der Waals surface area contributed by atoms with Gasteiger partial charge in [0, 0.05) is 0 Å². The van der Waals surface area contributed by atoms with Gasteiger partial charge in [-0.2, -0.15) is 8.78 Å². The van der Waals surface area contributed by atoms with E-state index in [9.17, 15) is 8.78 Å². The first-order chi connectivity index (χ1) is 5.94. The van der Waals surface area contributed by atoms with Gasteiger partial charge in [-0.25, -0.2) is 4.48 Å². The fourth-order valence-corrected chi connectivity index (χ4v) is 1.04. The van der Waals surface area contributed by atoms with Gasteiger partial charge in [0.25, 0.3) is 0 Å². The minimum atomic E-state index is -2.39. The summed E-state index contributed by atoms with van der Waals surface area (Å²) >= 11 is 0. The van der Waals surface area contributed by atoms with Crippen LogP contribution in [-0.2, 0) is 0 Å². The van der Waals surface area contributed by atoms with Crippen LogP contribution in [0.2, 0.25) is 0 Å². The molecule has 0 aliphatic carbocycles. The summed E-state index contributed by atoms with van der Waals surface area (Å²) in [7, 11) is 2.99. The SMILES string of the molecule is Cc1ccc([N+](C)(C)C(F)F)cc1. The minimum Gasteiger partial charge on any atom is -0.238 e. The lowest BCUT2D eigenvalue weighted by atomic mass is 10.2. The van der Waals surface area contributed by atoms with E-state index in [1.165, 1.54) is 14.1 Å². The van der Waals surface area contributed by atoms with Crippen molar-refractivity contribution in [1.82, 2.24) is 4.48 Å². The van der Waals surface area contributed by atoms with Crippen molar-refractivity contribution in [2.24, 2.45) is 0 Å². The van der Waals surface area contributed by atoms with Gasteiger partial charge in [-0.15, -0.1) is 0 Å². The first kappa shape index (κ1) is 10.1. The summed E-state index contributed by atoms with van der Waals surface area (Å²) in [6, 6.07) is 7.17. The summed E-state index contributed by atoms with van der Waals surface area (Å²) in [5.74, 6) is 0. The molecule has 0 fully saturated rings. The molecule has 0 heterocycles. The number of hydrogen-bond donors (Lipinski definition) is 0. The Morgan fingerprint density at radius 3 is 1.92 bits per heavy atom. The maximum atomic E-state index is 12.6. The average molecular weight is 186 g/mol. The number of rotatable bonds is 2. The lowest BCUT2D eigenvalue weighted by Gasteiger charge is -2.27. The van der Waals surface area contributed by atoms with E-state index in [4.69, 9.17) is 0 Å². The molecule has 0 aliphatic heterocycles. The molecular weight excluding hydrogens is 172 g/mol. The van der Waals surface area contributed by atoms with E-state index >= 15 is 0 Å². The molecule has 72 valence electrons. The molecular formula is C10H14F2N+. The second kappa shape index (κ2) is 3.42. The maximum Gasteiger partial charge on any atom is 0.385 e. The van der Waals surface area contributed by atoms with Gasteiger partial charge in [-0.05, 0) is 19.1 Å². The van der Waals surface area contributed by atoms with Gasteiger partial charge in [-0.3, -0.25) is 0 Å². The molecule has 0 spiro atoms. The first-order valence-corrected chi connectivity index (χ1v) is 4.13. The fraction of sp³-hybridized carbons (Fsp3) is 0.400. The number of alkyl halides is 2. The highest BCUT2D eigenvalue weighted by molar-refractivity contribution is 5.43. The third-order valence-electron chi connectivity index (χ3n) is 2.19. The van der Waals surface area contributed by atoms with Crippen molar-refractivity contribution in [3.8, 4) is 0 Å². The number of hydrogen-bond acceptors (Lipinski definition) is 0. The number of halogens is 2. The molecule has 0 radical (unpaired) electrons. The van der Waals surface area contributed by atoms with Crippen LogP contribution < -0.4 is 4.48 Å². The first-order valence-electron chi connectivity index (χ1n) is 4.13. The molecule has 0 bridgehead atoms. The molecule has 13 heavy (non-hydrogen) atoms. The van der Waals surface area contributed by atoms with Crippen LogP contribution in [0.4, 0.5) is 14.5 Å². The van der Waals surface area contributed by atoms with Crippen LogP contribution in [0.1, 0.15) is 5.56 Å². The molecule has 0 amide bonds. The van der Waals surface area contributed by atoms with E-state index in [0.717, 1.165) is 5.56 Å². The second-order valence-electron chi connectivity index (χ2n) is 3.65. The van der Waals surface area contributed by atoms with Crippen LogP contribution in [0.5, 0.6) is 0 Å². The van der Waals surface area contributed by atoms with E-state index in [-0.39, 0.29) is 4.48 Å². The van der Waals surface area contributed by atoms with Crippen molar-refractivity contribution in [1.29, 1.82) is 0 Å². The highest BCUT2D eigenvalue weighted by Gasteiger charge is 2.29. The summed E-state index contributed by atoms with van der Waals surface area (Å²) in [4.78, 5) is 0. The van der Waals surface area contributed by atoms with E-state index in [2.05, 4.69) is 0 Å². The lowest BCUT2D eigenvalue weighted by molar-refractivity contribution is 0.0127. The van der Waals surface area contributed by atoms with Crippen LogP contribution in [0.15, 0.2) is 24.3 Å². The molecule has 0 unspecified atom stereocenters. The zero-order valence-corrected chi connectivity index (χ0v) is 8.09. The van der Waals surface area contributed by atoms with Crippen molar-refractivity contribution in [3.63, 3.8) is 0 Å². The van der Waals surface area contributed by atoms with Gasteiger partial charge in [0.2, 0.25) is 0 Å². The predicted molar refractivity (Wildman–Crippen MR) is 50.8 cm³/mol. The molecule has 1 aromatic rings. The van der Waals surface area contributed by atoms with E-state index in [1.54, 1.807) is 12.1 Å². The highest BCUT2D eigenvalue weighted by atomic mass is 19.3. The molecule has 3 heteroatoms. The third kappa shape index (κ3) is 2.04. The Bertz CT molecular complexity index is 277. The van der Waals surface area contributed by atoms with Gasteiger partial charge >= 0.3 is 6.55 Å². The molecule has 1 rings (SSSR count).